The van der Waals surface area contributed by atoms with Crippen molar-refractivity contribution >= 4 is 12.0 Å². The molecule has 0 saturated heterocycles. The number of nitrogens with one attached hydrogen (secondary N) is 2. The summed E-state index contributed by atoms with van der Waals surface area (Å²) in [7, 11) is 1.58. The Labute approximate surface area is 126 Å². The van der Waals surface area contributed by atoms with Gasteiger partial charge in [0.15, 0.2) is 0 Å². The van der Waals surface area contributed by atoms with E-state index in [0.29, 0.717) is 6.61 Å². The molecule has 1 rings (SSSR count). The van der Waals surface area contributed by atoms with E-state index in [1.165, 1.54) is 0 Å². The maximum absolute atomic E-state index is 12.0. The molecule has 1 aliphatic carbocycles. The monoisotopic (exact) mass is 300 g/mol. The molecule has 6 heteroatoms. The number of hydrogen-bond acceptors (Lipinski definition) is 3. The number of carbonyl (C=O) groups excluding carboxylic acids is 1. The van der Waals surface area contributed by atoms with Gasteiger partial charge in [-0.1, -0.05) is 33.1 Å². The van der Waals surface area contributed by atoms with E-state index in [1.807, 2.05) is 13.8 Å². The Morgan fingerprint density at radius 1 is 1.19 bits per heavy atom. The van der Waals surface area contributed by atoms with Gasteiger partial charge in [-0.2, -0.15) is 0 Å². The summed E-state index contributed by atoms with van der Waals surface area (Å²) in [4.78, 5) is 23.5. The van der Waals surface area contributed by atoms with Gasteiger partial charge in [0, 0.05) is 7.11 Å². The quantitative estimate of drug-likeness (QED) is 0.671. The van der Waals surface area contributed by atoms with E-state index in [0.717, 1.165) is 32.1 Å². The molecule has 3 N–H and O–H groups in total. The van der Waals surface area contributed by atoms with Crippen molar-refractivity contribution in [3.05, 3.63) is 0 Å². The lowest BCUT2D eigenvalue weighted by atomic mass is 9.84. The number of carboxylic acid groups (broad SMARTS) is 1. The smallest absolute Gasteiger partial charge is 0.326 e. The van der Waals surface area contributed by atoms with Crippen LogP contribution in [-0.4, -0.2) is 42.9 Å². The van der Waals surface area contributed by atoms with E-state index in [4.69, 9.17) is 4.74 Å². The van der Waals surface area contributed by atoms with Crippen LogP contribution in [0.15, 0.2) is 0 Å². The van der Waals surface area contributed by atoms with Crippen molar-refractivity contribution in [1.82, 2.24) is 10.6 Å². The largest absolute Gasteiger partial charge is 0.480 e. The zero-order chi connectivity index (χ0) is 15.8. The first-order valence-corrected chi connectivity index (χ1v) is 7.74. The normalized spacial score (nSPS) is 19.0. The van der Waals surface area contributed by atoms with Crippen LogP contribution >= 0.6 is 0 Å². The molecule has 0 spiro atoms. The van der Waals surface area contributed by atoms with E-state index in [9.17, 15) is 14.7 Å². The van der Waals surface area contributed by atoms with Crippen LogP contribution in [0, 0.1) is 11.8 Å². The SMILES string of the molecule is COCC(NC(=O)NC(C(=O)O)C1CCCCC1)C(C)C. The average molecular weight is 300 g/mol. The second-order valence-electron chi connectivity index (χ2n) is 6.14. The summed E-state index contributed by atoms with van der Waals surface area (Å²) in [5.74, 6) is -0.708. The zero-order valence-electron chi connectivity index (χ0n) is 13.2. The molecule has 0 aromatic rings. The van der Waals surface area contributed by atoms with Crippen LogP contribution < -0.4 is 10.6 Å². The molecule has 1 fully saturated rings. The minimum Gasteiger partial charge on any atom is -0.480 e. The first kappa shape index (κ1) is 17.8. The summed E-state index contributed by atoms with van der Waals surface area (Å²) < 4.78 is 5.08. The summed E-state index contributed by atoms with van der Waals surface area (Å²) >= 11 is 0. The molecule has 1 saturated carbocycles. The Morgan fingerprint density at radius 2 is 1.81 bits per heavy atom. The number of hydrogen-bond donors (Lipinski definition) is 3. The predicted octanol–water partition coefficient (Wildman–Crippen LogP) is 1.99. The number of carbonyl (C=O) groups is 2. The minimum absolute atomic E-state index is 0.0296. The highest BCUT2D eigenvalue weighted by Crippen LogP contribution is 2.26. The van der Waals surface area contributed by atoms with Crippen molar-refractivity contribution in [3.63, 3.8) is 0 Å². The Bertz CT molecular complexity index is 341. The van der Waals surface area contributed by atoms with Crippen LogP contribution in [0.4, 0.5) is 4.79 Å². The van der Waals surface area contributed by atoms with Crippen LogP contribution in [0.2, 0.25) is 0 Å². The van der Waals surface area contributed by atoms with Crippen LogP contribution in [0.25, 0.3) is 0 Å². The average Bonchev–Trinajstić information content (AvgIpc) is 2.44. The fourth-order valence-corrected chi connectivity index (χ4v) is 2.78. The molecule has 0 radical (unpaired) electrons. The van der Waals surface area contributed by atoms with Gasteiger partial charge in [0.25, 0.3) is 0 Å². The van der Waals surface area contributed by atoms with Crippen molar-refractivity contribution in [3.8, 4) is 0 Å². The predicted molar refractivity (Wildman–Crippen MR) is 80.2 cm³/mol. The van der Waals surface area contributed by atoms with Gasteiger partial charge in [0.1, 0.15) is 6.04 Å². The molecule has 6 nitrogen and oxygen atoms in total. The van der Waals surface area contributed by atoms with E-state index >= 15 is 0 Å². The molecular formula is C15H28N2O4. The summed E-state index contributed by atoms with van der Waals surface area (Å²) in [6.45, 7) is 4.38. The molecule has 0 aromatic heterocycles. The van der Waals surface area contributed by atoms with Gasteiger partial charge in [0.2, 0.25) is 0 Å². The summed E-state index contributed by atoms with van der Waals surface area (Å²) in [5.41, 5.74) is 0. The van der Waals surface area contributed by atoms with Gasteiger partial charge in [-0.25, -0.2) is 9.59 Å². The van der Waals surface area contributed by atoms with Crippen molar-refractivity contribution in [2.45, 2.75) is 58.0 Å². The molecule has 21 heavy (non-hydrogen) atoms. The molecule has 0 heterocycles. The number of methoxy groups -OCH3 is 1. The molecular weight excluding hydrogens is 272 g/mol. The van der Waals surface area contributed by atoms with Gasteiger partial charge < -0.3 is 20.5 Å². The van der Waals surface area contributed by atoms with Gasteiger partial charge in [-0.3, -0.25) is 0 Å². The standard InChI is InChI=1S/C15H28N2O4/c1-10(2)12(9-21-3)16-15(20)17-13(14(18)19)11-7-5-4-6-8-11/h10-13H,4-9H2,1-3H3,(H,18,19)(H2,16,17,20). The van der Waals surface area contributed by atoms with Crippen molar-refractivity contribution in [2.75, 3.05) is 13.7 Å². The maximum atomic E-state index is 12.0. The van der Waals surface area contributed by atoms with Crippen molar-refractivity contribution in [2.24, 2.45) is 11.8 Å². The maximum Gasteiger partial charge on any atom is 0.326 e. The fraction of sp³-hybridized carbons (Fsp3) is 0.867. The second kappa shape index (κ2) is 8.87. The Hall–Kier alpha value is -1.30. The number of carboxylic acids is 1. The first-order chi connectivity index (χ1) is 9.95. The van der Waals surface area contributed by atoms with Crippen LogP contribution in [0.5, 0.6) is 0 Å². The molecule has 0 aliphatic heterocycles. The lowest BCUT2D eigenvalue weighted by Gasteiger charge is -2.29. The second-order valence-corrected chi connectivity index (χ2v) is 6.14. The van der Waals surface area contributed by atoms with Crippen molar-refractivity contribution in [1.29, 1.82) is 0 Å². The highest BCUT2D eigenvalue weighted by molar-refractivity contribution is 5.82. The topological polar surface area (TPSA) is 87.7 Å². The number of rotatable bonds is 7. The highest BCUT2D eigenvalue weighted by Gasteiger charge is 2.31. The molecule has 0 bridgehead atoms. The summed E-state index contributed by atoms with van der Waals surface area (Å²) in [6, 6.07) is -1.36. The lowest BCUT2D eigenvalue weighted by Crippen LogP contribution is -2.53. The summed E-state index contributed by atoms with van der Waals surface area (Å²) in [6.07, 6.45) is 4.95. The third kappa shape index (κ3) is 5.91. The zero-order valence-corrected chi connectivity index (χ0v) is 13.2. The Balaban J connectivity index is 2.57. The molecule has 2 amide bonds. The van der Waals surface area contributed by atoms with Crippen LogP contribution in [0.3, 0.4) is 0 Å². The number of ether oxygens (including phenoxy) is 1. The number of amides is 2. The van der Waals surface area contributed by atoms with Gasteiger partial charge in [-0.15, -0.1) is 0 Å². The van der Waals surface area contributed by atoms with E-state index in [-0.39, 0.29) is 17.9 Å². The van der Waals surface area contributed by atoms with Crippen LogP contribution in [0.1, 0.15) is 46.0 Å². The molecule has 2 unspecified atom stereocenters. The number of aliphatic carboxylic acids is 1. The van der Waals surface area contributed by atoms with Gasteiger partial charge in [0.05, 0.1) is 12.6 Å². The van der Waals surface area contributed by atoms with E-state index in [1.54, 1.807) is 7.11 Å². The Morgan fingerprint density at radius 3 is 2.29 bits per heavy atom. The van der Waals surface area contributed by atoms with Crippen molar-refractivity contribution < 1.29 is 19.4 Å². The summed E-state index contributed by atoms with van der Waals surface area (Å²) in [5, 5.41) is 14.8. The third-order valence-corrected chi connectivity index (χ3v) is 4.14. The highest BCUT2D eigenvalue weighted by atomic mass is 16.5. The molecule has 0 aromatic carbocycles. The first-order valence-electron chi connectivity index (χ1n) is 7.74. The van der Waals surface area contributed by atoms with E-state index in [2.05, 4.69) is 10.6 Å². The number of urea groups is 1. The fourth-order valence-electron chi connectivity index (χ4n) is 2.78. The molecule has 2 atom stereocenters. The van der Waals surface area contributed by atoms with Gasteiger partial charge >= 0.3 is 12.0 Å². The van der Waals surface area contributed by atoms with E-state index < -0.39 is 18.0 Å². The van der Waals surface area contributed by atoms with Crippen LogP contribution in [-0.2, 0) is 9.53 Å². The molecule has 1 aliphatic rings. The minimum atomic E-state index is -0.954. The Kier molecular flexibility index (Phi) is 7.50. The lowest BCUT2D eigenvalue weighted by molar-refractivity contribution is -0.141. The molecule has 122 valence electrons. The third-order valence-electron chi connectivity index (χ3n) is 4.14. The van der Waals surface area contributed by atoms with Gasteiger partial charge in [-0.05, 0) is 24.7 Å².